The number of benzene rings is 1. The predicted molar refractivity (Wildman–Crippen MR) is 74.9 cm³/mol. The summed E-state index contributed by atoms with van der Waals surface area (Å²) < 4.78 is 5.05. The predicted octanol–water partition coefficient (Wildman–Crippen LogP) is 2.75. The highest BCUT2D eigenvalue weighted by Crippen LogP contribution is 2.18. The molecule has 1 aromatic carbocycles. The van der Waals surface area contributed by atoms with E-state index in [0.29, 0.717) is 10.7 Å². The van der Waals surface area contributed by atoms with Crippen LogP contribution >= 0.6 is 11.3 Å². The second-order valence-corrected chi connectivity index (χ2v) is 5.00. The average Bonchev–Trinajstić information content (AvgIpc) is 2.86. The first-order valence-electron chi connectivity index (χ1n) is 6.00. The van der Waals surface area contributed by atoms with Crippen molar-refractivity contribution >= 4 is 22.4 Å². The zero-order valence-electron chi connectivity index (χ0n) is 10.8. The largest absolute Gasteiger partial charge is 0.497 e. The second-order valence-electron chi connectivity index (χ2n) is 3.93. The molecule has 0 radical (unpaired) electrons. The van der Waals surface area contributed by atoms with Gasteiger partial charge in [0, 0.05) is 12.0 Å². The fourth-order valence-electron chi connectivity index (χ4n) is 1.53. The minimum Gasteiger partial charge on any atom is -0.497 e. The minimum absolute atomic E-state index is 0.193. The first kappa shape index (κ1) is 13.5. The van der Waals surface area contributed by atoms with Gasteiger partial charge in [0.05, 0.1) is 7.11 Å². The van der Waals surface area contributed by atoms with Crippen LogP contribution in [0.2, 0.25) is 0 Å². The van der Waals surface area contributed by atoms with Crippen LogP contribution in [0.3, 0.4) is 0 Å². The van der Waals surface area contributed by atoms with E-state index in [2.05, 4.69) is 22.4 Å². The lowest BCUT2D eigenvalue weighted by Gasteiger charge is -2.02. The fraction of sp³-hybridized carbons (Fsp3) is 0.308. The van der Waals surface area contributed by atoms with Crippen molar-refractivity contribution in [3.05, 3.63) is 34.8 Å². The summed E-state index contributed by atoms with van der Waals surface area (Å²) in [6.45, 7) is 2.08. The Balaban J connectivity index is 2.02. The standard InChI is InChI=1S/C13H15N3O2S/c1-3-4-11-15-16-13(19-11)14-12(17)9-5-7-10(18-2)8-6-9/h5-8H,3-4H2,1-2H3,(H,14,16,17). The Morgan fingerprint density at radius 2 is 2.05 bits per heavy atom. The van der Waals surface area contributed by atoms with Gasteiger partial charge in [0.25, 0.3) is 5.91 Å². The van der Waals surface area contributed by atoms with Crippen molar-refractivity contribution in [3.8, 4) is 5.75 Å². The number of hydrogen-bond acceptors (Lipinski definition) is 5. The Morgan fingerprint density at radius 1 is 1.32 bits per heavy atom. The van der Waals surface area contributed by atoms with E-state index in [1.165, 1.54) is 11.3 Å². The number of carbonyl (C=O) groups is 1. The highest BCUT2D eigenvalue weighted by atomic mass is 32.1. The molecular weight excluding hydrogens is 262 g/mol. The zero-order valence-corrected chi connectivity index (χ0v) is 11.7. The van der Waals surface area contributed by atoms with Crippen molar-refractivity contribution in [1.29, 1.82) is 0 Å². The number of carbonyl (C=O) groups excluding carboxylic acids is 1. The minimum atomic E-state index is -0.193. The number of rotatable bonds is 5. The van der Waals surface area contributed by atoms with Gasteiger partial charge < -0.3 is 4.74 Å². The average molecular weight is 277 g/mol. The van der Waals surface area contributed by atoms with Crippen molar-refractivity contribution in [1.82, 2.24) is 10.2 Å². The van der Waals surface area contributed by atoms with Gasteiger partial charge in [-0.25, -0.2) is 0 Å². The highest BCUT2D eigenvalue weighted by molar-refractivity contribution is 7.15. The number of aromatic nitrogens is 2. The molecule has 19 heavy (non-hydrogen) atoms. The van der Waals surface area contributed by atoms with Crippen molar-refractivity contribution in [2.75, 3.05) is 12.4 Å². The molecule has 0 unspecified atom stereocenters. The van der Waals surface area contributed by atoms with Crippen molar-refractivity contribution in [2.45, 2.75) is 19.8 Å². The maximum Gasteiger partial charge on any atom is 0.257 e. The summed E-state index contributed by atoms with van der Waals surface area (Å²) in [5.74, 6) is 0.527. The molecule has 0 fully saturated rings. The van der Waals surface area contributed by atoms with Crippen LogP contribution in [0.25, 0.3) is 0 Å². The molecule has 5 nitrogen and oxygen atoms in total. The number of nitrogens with one attached hydrogen (secondary N) is 1. The number of anilines is 1. The third kappa shape index (κ3) is 3.51. The van der Waals surface area contributed by atoms with E-state index in [4.69, 9.17) is 4.74 Å². The maximum atomic E-state index is 12.0. The van der Waals surface area contributed by atoms with Crippen molar-refractivity contribution in [2.24, 2.45) is 0 Å². The molecular formula is C13H15N3O2S. The van der Waals surface area contributed by atoms with Gasteiger partial charge >= 0.3 is 0 Å². The topological polar surface area (TPSA) is 64.1 Å². The molecule has 0 saturated carbocycles. The van der Waals surface area contributed by atoms with E-state index in [-0.39, 0.29) is 5.91 Å². The number of nitrogens with zero attached hydrogens (tertiary/aromatic N) is 2. The Labute approximate surface area is 115 Å². The molecule has 0 aliphatic heterocycles. The number of methoxy groups -OCH3 is 1. The van der Waals surface area contributed by atoms with Gasteiger partial charge in [0.15, 0.2) is 0 Å². The van der Waals surface area contributed by atoms with Gasteiger partial charge in [-0.05, 0) is 30.7 Å². The molecule has 1 N–H and O–H groups in total. The summed E-state index contributed by atoms with van der Waals surface area (Å²) in [7, 11) is 1.59. The molecule has 0 saturated heterocycles. The monoisotopic (exact) mass is 277 g/mol. The molecule has 0 aliphatic carbocycles. The lowest BCUT2D eigenvalue weighted by Crippen LogP contribution is -2.11. The zero-order chi connectivity index (χ0) is 13.7. The lowest BCUT2D eigenvalue weighted by atomic mass is 10.2. The molecule has 100 valence electrons. The summed E-state index contributed by atoms with van der Waals surface area (Å²) in [6, 6.07) is 6.92. The van der Waals surface area contributed by atoms with E-state index in [0.717, 1.165) is 23.6 Å². The van der Waals surface area contributed by atoms with Crippen LogP contribution in [0.15, 0.2) is 24.3 Å². The van der Waals surface area contributed by atoms with E-state index >= 15 is 0 Å². The van der Waals surface area contributed by atoms with Crippen LogP contribution in [0.4, 0.5) is 5.13 Å². The summed E-state index contributed by atoms with van der Waals surface area (Å²) in [6.07, 6.45) is 1.90. The Morgan fingerprint density at radius 3 is 2.68 bits per heavy atom. The molecule has 0 bridgehead atoms. The Bertz CT molecular complexity index is 551. The quantitative estimate of drug-likeness (QED) is 0.912. The van der Waals surface area contributed by atoms with Crippen LogP contribution in [0.1, 0.15) is 28.7 Å². The number of hydrogen-bond donors (Lipinski definition) is 1. The molecule has 2 rings (SSSR count). The second kappa shape index (κ2) is 6.29. The van der Waals surface area contributed by atoms with E-state index in [1.807, 2.05) is 0 Å². The maximum absolute atomic E-state index is 12.0. The van der Waals surface area contributed by atoms with E-state index in [9.17, 15) is 4.79 Å². The number of aryl methyl sites for hydroxylation is 1. The Hall–Kier alpha value is -1.95. The summed E-state index contributed by atoms with van der Waals surface area (Å²) in [4.78, 5) is 12.0. The van der Waals surface area contributed by atoms with Gasteiger partial charge in [-0.15, -0.1) is 10.2 Å². The fourth-order valence-corrected chi connectivity index (χ4v) is 2.37. The molecule has 0 spiro atoms. The SMILES string of the molecule is CCCc1nnc(NC(=O)c2ccc(OC)cc2)s1. The van der Waals surface area contributed by atoms with Gasteiger partial charge in [-0.1, -0.05) is 18.3 Å². The summed E-state index contributed by atoms with van der Waals surface area (Å²) >= 11 is 1.41. The normalized spacial score (nSPS) is 10.2. The van der Waals surface area contributed by atoms with Gasteiger partial charge in [0.1, 0.15) is 10.8 Å². The molecule has 1 aromatic heterocycles. The van der Waals surface area contributed by atoms with E-state index < -0.39 is 0 Å². The third-order valence-electron chi connectivity index (χ3n) is 2.50. The highest BCUT2D eigenvalue weighted by Gasteiger charge is 2.09. The molecule has 0 aliphatic rings. The molecule has 1 amide bonds. The van der Waals surface area contributed by atoms with Crippen molar-refractivity contribution in [3.63, 3.8) is 0 Å². The third-order valence-corrected chi connectivity index (χ3v) is 3.40. The summed E-state index contributed by atoms with van der Waals surface area (Å²) in [5.41, 5.74) is 0.563. The van der Waals surface area contributed by atoms with Crippen LogP contribution in [0.5, 0.6) is 5.75 Å². The first-order chi connectivity index (χ1) is 9.22. The van der Waals surface area contributed by atoms with Crippen LogP contribution in [-0.2, 0) is 6.42 Å². The van der Waals surface area contributed by atoms with Crippen LogP contribution in [-0.4, -0.2) is 23.2 Å². The van der Waals surface area contributed by atoms with Gasteiger partial charge in [-0.2, -0.15) is 0 Å². The molecule has 0 atom stereocenters. The number of amides is 1. The molecule has 6 heteroatoms. The van der Waals surface area contributed by atoms with Gasteiger partial charge in [-0.3, -0.25) is 10.1 Å². The Kier molecular flexibility index (Phi) is 4.46. The number of ether oxygens (including phenoxy) is 1. The lowest BCUT2D eigenvalue weighted by molar-refractivity contribution is 0.102. The van der Waals surface area contributed by atoms with Crippen LogP contribution < -0.4 is 10.1 Å². The van der Waals surface area contributed by atoms with Gasteiger partial charge in [0.2, 0.25) is 5.13 Å². The van der Waals surface area contributed by atoms with E-state index in [1.54, 1.807) is 31.4 Å². The van der Waals surface area contributed by atoms with Crippen molar-refractivity contribution < 1.29 is 9.53 Å². The molecule has 2 aromatic rings. The smallest absolute Gasteiger partial charge is 0.257 e. The first-order valence-corrected chi connectivity index (χ1v) is 6.82. The summed E-state index contributed by atoms with van der Waals surface area (Å²) in [5, 5.41) is 12.2. The van der Waals surface area contributed by atoms with Crippen LogP contribution in [0, 0.1) is 0 Å². The molecule has 1 heterocycles.